The van der Waals surface area contributed by atoms with E-state index in [1.807, 2.05) is 6.92 Å². The van der Waals surface area contributed by atoms with Crippen molar-refractivity contribution in [2.45, 2.75) is 32.7 Å². The molecule has 21 heavy (non-hydrogen) atoms. The van der Waals surface area contributed by atoms with Crippen molar-refractivity contribution in [1.29, 1.82) is 0 Å². The quantitative estimate of drug-likeness (QED) is 0.832. The van der Waals surface area contributed by atoms with Gasteiger partial charge in [-0.3, -0.25) is 10.00 Å². The highest BCUT2D eigenvalue weighted by molar-refractivity contribution is 5.87. The molecule has 1 aromatic heterocycles. The largest absolute Gasteiger partial charge is 0.337 e. The summed E-state index contributed by atoms with van der Waals surface area (Å²) in [7, 11) is 0. The molecule has 2 saturated carbocycles. The third-order valence-corrected chi connectivity index (χ3v) is 5.46. The van der Waals surface area contributed by atoms with Crippen molar-refractivity contribution in [2.75, 3.05) is 11.9 Å². The molecule has 1 spiro atoms. The highest BCUT2D eigenvalue weighted by atomic mass is 16.2. The number of hydrogen-bond donors (Lipinski definition) is 2. The van der Waals surface area contributed by atoms with Gasteiger partial charge in [-0.25, -0.2) is 9.78 Å². The highest BCUT2D eigenvalue weighted by Crippen LogP contribution is 2.69. The predicted octanol–water partition coefficient (Wildman–Crippen LogP) is 2.02. The highest BCUT2D eigenvalue weighted by Gasteiger charge is 2.62. The van der Waals surface area contributed by atoms with E-state index in [4.69, 9.17) is 0 Å². The van der Waals surface area contributed by atoms with Gasteiger partial charge < -0.3 is 5.32 Å². The zero-order chi connectivity index (χ0) is 14.4. The molecule has 4 rings (SSSR count). The standard InChI is InChI=1S/C15H21N5O/c1-2-20-9-17-13(19-20)18-14(21)16-8-10-7-11-3-4-12(10)15(11)5-6-15/h3-4,9-12H,2,5-8H2,1H3,(H2,16,18,19,21)/t10-,11-,12-/m1/s1. The minimum atomic E-state index is -0.208. The Bertz CT molecular complexity index is 589. The van der Waals surface area contributed by atoms with Crippen LogP contribution in [0.3, 0.4) is 0 Å². The molecule has 2 amide bonds. The second-order valence-corrected chi connectivity index (χ2v) is 6.51. The van der Waals surface area contributed by atoms with Gasteiger partial charge in [0.15, 0.2) is 0 Å². The lowest BCUT2D eigenvalue weighted by atomic mass is 9.89. The molecule has 0 radical (unpaired) electrons. The van der Waals surface area contributed by atoms with Crippen LogP contribution in [0, 0.1) is 23.2 Å². The van der Waals surface area contributed by atoms with Crippen LogP contribution < -0.4 is 10.6 Å². The molecule has 2 fully saturated rings. The fraction of sp³-hybridized carbons (Fsp3) is 0.667. The molecule has 112 valence electrons. The third-order valence-electron chi connectivity index (χ3n) is 5.46. The van der Waals surface area contributed by atoms with E-state index in [1.165, 1.54) is 19.3 Å². The molecule has 2 N–H and O–H groups in total. The molecule has 3 atom stereocenters. The van der Waals surface area contributed by atoms with E-state index in [0.29, 0.717) is 23.2 Å². The molecule has 0 aromatic carbocycles. The number of rotatable bonds is 4. The van der Waals surface area contributed by atoms with Gasteiger partial charge in [0.1, 0.15) is 6.33 Å². The lowest BCUT2D eigenvalue weighted by molar-refractivity contribution is 0.248. The Labute approximate surface area is 124 Å². The normalized spacial score (nSPS) is 30.8. The van der Waals surface area contributed by atoms with Gasteiger partial charge in [-0.15, -0.1) is 5.10 Å². The maximum Gasteiger partial charge on any atom is 0.321 e. The summed E-state index contributed by atoms with van der Waals surface area (Å²) in [6, 6.07) is -0.208. The Morgan fingerprint density at radius 1 is 1.48 bits per heavy atom. The summed E-state index contributed by atoms with van der Waals surface area (Å²) in [5.41, 5.74) is 0.588. The first kappa shape index (κ1) is 12.9. The summed E-state index contributed by atoms with van der Waals surface area (Å²) < 4.78 is 1.69. The van der Waals surface area contributed by atoms with Crippen LogP contribution in [0.2, 0.25) is 0 Å². The number of aryl methyl sites for hydroxylation is 1. The number of hydrogen-bond acceptors (Lipinski definition) is 3. The van der Waals surface area contributed by atoms with Crippen LogP contribution in [0.5, 0.6) is 0 Å². The van der Waals surface area contributed by atoms with Crippen LogP contribution in [0.1, 0.15) is 26.2 Å². The van der Waals surface area contributed by atoms with Gasteiger partial charge in [0.25, 0.3) is 0 Å². The van der Waals surface area contributed by atoms with Crippen molar-refractivity contribution < 1.29 is 4.79 Å². The molecule has 0 aliphatic heterocycles. The Balaban J connectivity index is 1.29. The molecule has 3 aliphatic rings. The molecular weight excluding hydrogens is 266 g/mol. The Hall–Kier alpha value is -1.85. The maximum atomic E-state index is 11.9. The van der Waals surface area contributed by atoms with Crippen LogP contribution in [0.15, 0.2) is 18.5 Å². The number of carbonyl (C=O) groups excluding carboxylic acids is 1. The van der Waals surface area contributed by atoms with Crippen molar-refractivity contribution in [2.24, 2.45) is 23.2 Å². The number of carbonyl (C=O) groups is 1. The van der Waals surface area contributed by atoms with E-state index < -0.39 is 0 Å². The number of urea groups is 1. The van der Waals surface area contributed by atoms with Gasteiger partial charge in [-0.2, -0.15) is 0 Å². The van der Waals surface area contributed by atoms with Crippen LogP contribution >= 0.6 is 0 Å². The average molecular weight is 287 g/mol. The molecule has 1 heterocycles. The average Bonchev–Trinajstić information content (AvgIpc) is 2.93. The number of allylic oxidation sites excluding steroid dienone is 2. The number of nitrogens with zero attached hydrogens (tertiary/aromatic N) is 3. The minimum Gasteiger partial charge on any atom is -0.337 e. The molecule has 1 aromatic rings. The second-order valence-electron chi connectivity index (χ2n) is 6.51. The van der Waals surface area contributed by atoms with Crippen molar-refractivity contribution in [3.8, 4) is 0 Å². The molecule has 0 saturated heterocycles. The van der Waals surface area contributed by atoms with Gasteiger partial charge >= 0.3 is 6.03 Å². The zero-order valence-corrected chi connectivity index (χ0v) is 12.2. The van der Waals surface area contributed by atoms with Gasteiger partial charge in [0, 0.05) is 13.1 Å². The van der Waals surface area contributed by atoms with E-state index in [1.54, 1.807) is 11.0 Å². The summed E-state index contributed by atoms with van der Waals surface area (Å²) in [5.74, 6) is 2.40. The molecular formula is C15H21N5O. The van der Waals surface area contributed by atoms with Crippen molar-refractivity contribution in [3.63, 3.8) is 0 Å². The van der Waals surface area contributed by atoms with Crippen LogP contribution in [-0.2, 0) is 6.54 Å². The van der Waals surface area contributed by atoms with E-state index >= 15 is 0 Å². The van der Waals surface area contributed by atoms with E-state index in [0.717, 1.165) is 19.0 Å². The molecule has 0 unspecified atom stereocenters. The number of aromatic nitrogens is 3. The van der Waals surface area contributed by atoms with Gasteiger partial charge in [0.05, 0.1) is 0 Å². The molecule has 6 heteroatoms. The summed E-state index contributed by atoms with van der Waals surface area (Å²) in [6.07, 6.45) is 10.4. The lowest BCUT2D eigenvalue weighted by Gasteiger charge is -2.20. The Morgan fingerprint density at radius 2 is 2.33 bits per heavy atom. The van der Waals surface area contributed by atoms with Crippen LogP contribution in [0.4, 0.5) is 10.7 Å². The first-order valence-corrected chi connectivity index (χ1v) is 7.84. The first-order valence-electron chi connectivity index (χ1n) is 7.84. The summed E-state index contributed by atoms with van der Waals surface area (Å²) in [4.78, 5) is 16.0. The third kappa shape index (κ3) is 2.04. The topological polar surface area (TPSA) is 71.8 Å². The first-order chi connectivity index (χ1) is 10.2. The van der Waals surface area contributed by atoms with E-state index in [9.17, 15) is 4.79 Å². The number of nitrogens with one attached hydrogen (secondary N) is 2. The van der Waals surface area contributed by atoms with Gasteiger partial charge in [-0.1, -0.05) is 12.2 Å². The summed E-state index contributed by atoms with van der Waals surface area (Å²) in [5, 5.41) is 9.81. The Morgan fingerprint density at radius 3 is 3.00 bits per heavy atom. The van der Waals surface area contributed by atoms with E-state index in [-0.39, 0.29) is 6.03 Å². The van der Waals surface area contributed by atoms with Crippen LogP contribution in [-0.4, -0.2) is 27.3 Å². The maximum absolute atomic E-state index is 11.9. The van der Waals surface area contributed by atoms with E-state index in [2.05, 4.69) is 32.9 Å². The van der Waals surface area contributed by atoms with Crippen LogP contribution in [0.25, 0.3) is 0 Å². The van der Waals surface area contributed by atoms with Crippen molar-refractivity contribution in [1.82, 2.24) is 20.1 Å². The fourth-order valence-electron chi connectivity index (χ4n) is 4.23. The minimum absolute atomic E-state index is 0.208. The monoisotopic (exact) mass is 287 g/mol. The molecule has 2 bridgehead atoms. The SMILES string of the molecule is CCn1cnc(NC(=O)NC[C@H]2C[C@H]3C=C[C@H]2C32CC2)n1. The predicted molar refractivity (Wildman–Crippen MR) is 78.6 cm³/mol. The number of amides is 2. The fourth-order valence-corrected chi connectivity index (χ4v) is 4.23. The Kier molecular flexibility index (Phi) is 2.80. The second kappa shape index (κ2) is 4.58. The molecule has 3 aliphatic carbocycles. The molecule has 6 nitrogen and oxygen atoms in total. The summed E-state index contributed by atoms with van der Waals surface area (Å²) >= 11 is 0. The van der Waals surface area contributed by atoms with Gasteiger partial charge in [-0.05, 0) is 49.4 Å². The number of anilines is 1. The lowest BCUT2D eigenvalue weighted by Crippen LogP contribution is -2.35. The van der Waals surface area contributed by atoms with Crippen molar-refractivity contribution in [3.05, 3.63) is 18.5 Å². The van der Waals surface area contributed by atoms with Gasteiger partial charge in [0.2, 0.25) is 5.95 Å². The zero-order valence-electron chi connectivity index (χ0n) is 12.2. The summed E-state index contributed by atoms with van der Waals surface area (Å²) in [6.45, 7) is 3.47. The van der Waals surface area contributed by atoms with Crippen molar-refractivity contribution >= 4 is 12.0 Å². The smallest absolute Gasteiger partial charge is 0.321 e.